The molecule has 30 heavy (non-hydrogen) atoms. The summed E-state index contributed by atoms with van der Waals surface area (Å²) in [5.41, 5.74) is 2.46. The molecule has 3 rings (SSSR count). The molecule has 2 aromatic carbocycles. The summed E-state index contributed by atoms with van der Waals surface area (Å²) in [7, 11) is 1.38. The molecule has 1 aromatic heterocycles. The van der Waals surface area contributed by atoms with Gasteiger partial charge >= 0.3 is 0 Å². The van der Waals surface area contributed by atoms with E-state index in [1.807, 2.05) is 39.8 Å². The van der Waals surface area contributed by atoms with Crippen molar-refractivity contribution in [1.29, 1.82) is 0 Å². The van der Waals surface area contributed by atoms with Gasteiger partial charge in [-0.1, -0.05) is 23.3 Å². The Morgan fingerprint density at radius 3 is 2.23 bits per heavy atom. The first-order chi connectivity index (χ1) is 14.1. The van der Waals surface area contributed by atoms with Crippen molar-refractivity contribution in [2.45, 2.75) is 40.5 Å². The number of hydrogen-bond donors (Lipinski definition) is 3. The summed E-state index contributed by atoms with van der Waals surface area (Å²) in [6.45, 7) is 7.69. The second kappa shape index (κ2) is 8.14. The zero-order chi connectivity index (χ0) is 22.2. The maximum atomic E-state index is 13.3. The summed E-state index contributed by atoms with van der Waals surface area (Å²) >= 11 is 0. The predicted molar refractivity (Wildman–Crippen MR) is 118 cm³/mol. The van der Waals surface area contributed by atoms with Crippen LogP contribution >= 0.6 is 0 Å². The van der Waals surface area contributed by atoms with Crippen molar-refractivity contribution in [3.8, 4) is 23.0 Å². The van der Waals surface area contributed by atoms with Crippen LogP contribution in [0.3, 0.4) is 0 Å². The molecule has 0 unspecified atom stereocenters. The Morgan fingerprint density at radius 1 is 1.00 bits per heavy atom. The third-order valence-corrected chi connectivity index (χ3v) is 4.97. The fraction of sp³-hybridized carbons (Fsp3) is 0.292. The van der Waals surface area contributed by atoms with Gasteiger partial charge in [0.2, 0.25) is 11.2 Å². The van der Waals surface area contributed by atoms with Crippen LogP contribution in [0.5, 0.6) is 23.0 Å². The van der Waals surface area contributed by atoms with Gasteiger partial charge in [-0.2, -0.15) is 0 Å². The first-order valence-electron chi connectivity index (χ1n) is 9.65. The number of methoxy groups -OCH3 is 1. The molecule has 0 saturated heterocycles. The zero-order valence-electron chi connectivity index (χ0n) is 17.8. The van der Waals surface area contributed by atoms with Crippen molar-refractivity contribution in [3.63, 3.8) is 0 Å². The number of phenolic OH excluding ortho intramolecular Hbond substituents is 3. The van der Waals surface area contributed by atoms with Crippen molar-refractivity contribution in [2.24, 2.45) is 0 Å². The first-order valence-corrected chi connectivity index (χ1v) is 9.65. The molecule has 0 bridgehead atoms. The highest BCUT2D eigenvalue weighted by atomic mass is 16.5. The lowest BCUT2D eigenvalue weighted by molar-refractivity contribution is 0.369. The van der Waals surface area contributed by atoms with Crippen LogP contribution in [-0.2, 0) is 12.8 Å². The van der Waals surface area contributed by atoms with Gasteiger partial charge in [-0.3, -0.25) is 4.79 Å². The molecule has 0 fully saturated rings. The minimum Gasteiger partial charge on any atom is -0.507 e. The third kappa shape index (κ3) is 3.73. The molecule has 0 amide bonds. The Balaban J connectivity index is 2.39. The highest BCUT2D eigenvalue weighted by molar-refractivity contribution is 5.98. The van der Waals surface area contributed by atoms with Gasteiger partial charge in [-0.25, -0.2) is 0 Å². The first kappa shape index (κ1) is 21.3. The highest BCUT2D eigenvalue weighted by Gasteiger charge is 2.22. The van der Waals surface area contributed by atoms with Gasteiger partial charge in [-0.15, -0.1) is 0 Å². The summed E-state index contributed by atoms with van der Waals surface area (Å²) in [6, 6.07) is 2.86. The van der Waals surface area contributed by atoms with Crippen LogP contribution in [0.1, 0.15) is 38.8 Å². The van der Waals surface area contributed by atoms with E-state index in [1.165, 1.54) is 13.2 Å². The molecule has 1 heterocycles. The van der Waals surface area contributed by atoms with Gasteiger partial charge in [0, 0.05) is 17.2 Å². The predicted octanol–water partition coefficient (Wildman–Crippen LogP) is 5.09. The largest absolute Gasteiger partial charge is 0.507 e. The van der Waals surface area contributed by atoms with Crippen molar-refractivity contribution >= 4 is 21.9 Å². The lowest BCUT2D eigenvalue weighted by Crippen LogP contribution is -2.06. The molecule has 0 spiro atoms. The van der Waals surface area contributed by atoms with E-state index in [-0.39, 0.29) is 56.9 Å². The molecule has 0 saturated carbocycles. The fourth-order valence-corrected chi connectivity index (χ4v) is 3.34. The topological polar surface area (TPSA) is 100 Å². The zero-order valence-corrected chi connectivity index (χ0v) is 17.8. The van der Waals surface area contributed by atoms with E-state index in [0.29, 0.717) is 12.0 Å². The van der Waals surface area contributed by atoms with Crippen molar-refractivity contribution in [1.82, 2.24) is 0 Å². The number of fused-ring (bicyclic) bond motifs is 2. The van der Waals surface area contributed by atoms with Gasteiger partial charge in [0.05, 0.1) is 12.5 Å². The molecule has 0 aliphatic rings. The smallest absolute Gasteiger partial charge is 0.204 e. The SMILES string of the molecule is COc1c(O)c(CC=C(C)C)cc2c(=O)c3c(O)c(CC=C(C)C)c(O)cc3oc12. The van der Waals surface area contributed by atoms with Crippen LogP contribution in [0.2, 0.25) is 0 Å². The Hall–Kier alpha value is -3.41. The average Bonchev–Trinajstić information content (AvgIpc) is 2.66. The summed E-state index contributed by atoms with van der Waals surface area (Å²) in [5, 5.41) is 31.9. The van der Waals surface area contributed by atoms with E-state index < -0.39 is 5.43 Å². The van der Waals surface area contributed by atoms with E-state index in [2.05, 4.69) is 0 Å². The molecular formula is C24H26O6. The number of phenols is 3. The van der Waals surface area contributed by atoms with Gasteiger partial charge in [0.15, 0.2) is 11.3 Å². The normalized spacial score (nSPS) is 11.0. The van der Waals surface area contributed by atoms with E-state index in [9.17, 15) is 20.1 Å². The molecular weight excluding hydrogens is 384 g/mol. The third-order valence-electron chi connectivity index (χ3n) is 4.97. The average molecular weight is 410 g/mol. The lowest BCUT2D eigenvalue weighted by atomic mass is 10.0. The number of allylic oxidation sites excluding steroid dienone is 4. The molecule has 158 valence electrons. The van der Waals surface area contributed by atoms with Crippen molar-refractivity contribution < 1.29 is 24.5 Å². The summed E-state index contributed by atoms with van der Waals surface area (Å²) < 4.78 is 11.1. The second-order valence-corrected chi connectivity index (χ2v) is 7.79. The Morgan fingerprint density at radius 2 is 1.63 bits per heavy atom. The molecule has 0 radical (unpaired) electrons. The summed E-state index contributed by atoms with van der Waals surface area (Å²) in [5.74, 6) is -0.561. The molecule has 3 aromatic rings. The highest BCUT2D eigenvalue weighted by Crippen LogP contribution is 2.41. The van der Waals surface area contributed by atoms with Crippen LogP contribution in [-0.4, -0.2) is 22.4 Å². The Bertz CT molecular complexity index is 1250. The van der Waals surface area contributed by atoms with E-state index in [0.717, 1.165) is 11.1 Å². The maximum absolute atomic E-state index is 13.3. The van der Waals surface area contributed by atoms with E-state index in [1.54, 1.807) is 6.07 Å². The van der Waals surface area contributed by atoms with E-state index >= 15 is 0 Å². The summed E-state index contributed by atoms with van der Waals surface area (Å²) in [4.78, 5) is 13.3. The maximum Gasteiger partial charge on any atom is 0.204 e. The molecule has 6 heteroatoms. The lowest BCUT2D eigenvalue weighted by Gasteiger charge is -2.13. The van der Waals surface area contributed by atoms with Crippen LogP contribution in [0, 0.1) is 0 Å². The van der Waals surface area contributed by atoms with Gasteiger partial charge in [0.1, 0.15) is 22.5 Å². The van der Waals surface area contributed by atoms with Gasteiger partial charge < -0.3 is 24.5 Å². The standard InChI is InChI=1S/C24H26O6/c1-12(2)6-8-14-10-16-22(28)19-18(30-23(16)24(29-5)20(14)26)11-17(25)15(21(19)27)9-7-13(3)4/h6-7,10-11,25-27H,8-9H2,1-5H3. The number of aromatic hydroxyl groups is 3. The molecule has 3 N–H and O–H groups in total. The van der Waals surface area contributed by atoms with Crippen LogP contribution in [0.15, 0.2) is 44.6 Å². The number of hydrogen-bond acceptors (Lipinski definition) is 6. The number of rotatable bonds is 5. The number of benzene rings is 2. The molecule has 0 aliphatic carbocycles. The Kier molecular flexibility index (Phi) is 5.78. The van der Waals surface area contributed by atoms with Gasteiger partial charge in [-0.05, 0) is 46.6 Å². The van der Waals surface area contributed by atoms with E-state index in [4.69, 9.17) is 9.15 Å². The number of ether oxygens (including phenoxy) is 1. The quantitative estimate of drug-likeness (QED) is 0.400. The minimum absolute atomic E-state index is 0.0122. The summed E-state index contributed by atoms with van der Waals surface area (Å²) in [6.07, 6.45) is 4.46. The monoisotopic (exact) mass is 410 g/mol. The van der Waals surface area contributed by atoms with Crippen LogP contribution in [0.25, 0.3) is 21.9 Å². The van der Waals surface area contributed by atoms with Gasteiger partial charge in [0.25, 0.3) is 0 Å². The second-order valence-electron chi connectivity index (χ2n) is 7.79. The minimum atomic E-state index is -0.459. The van der Waals surface area contributed by atoms with Crippen LogP contribution < -0.4 is 10.2 Å². The van der Waals surface area contributed by atoms with Crippen LogP contribution in [0.4, 0.5) is 0 Å². The fourth-order valence-electron chi connectivity index (χ4n) is 3.34. The Labute approximate surface area is 174 Å². The van der Waals surface area contributed by atoms with Crippen molar-refractivity contribution in [3.05, 3.63) is 56.8 Å². The molecule has 0 atom stereocenters. The van der Waals surface area contributed by atoms with Crippen molar-refractivity contribution in [2.75, 3.05) is 7.11 Å². The molecule has 6 nitrogen and oxygen atoms in total. The molecule has 0 aliphatic heterocycles.